The summed E-state index contributed by atoms with van der Waals surface area (Å²) in [6.07, 6.45) is 5.13. The molecule has 14 heavy (non-hydrogen) atoms. The second kappa shape index (κ2) is 4.23. The van der Waals surface area contributed by atoms with Crippen molar-refractivity contribution in [3.05, 3.63) is 12.4 Å². The molecule has 0 aromatic carbocycles. The molecule has 0 radical (unpaired) electrons. The van der Waals surface area contributed by atoms with E-state index in [0.717, 1.165) is 25.9 Å². The molecule has 5 heteroatoms. The van der Waals surface area contributed by atoms with Gasteiger partial charge in [0.05, 0.1) is 0 Å². The van der Waals surface area contributed by atoms with Gasteiger partial charge in [-0.2, -0.15) is 0 Å². The number of rotatable bonds is 2. The van der Waals surface area contributed by atoms with Gasteiger partial charge in [0, 0.05) is 18.3 Å². The van der Waals surface area contributed by atoms with Gasteiger partial charge in [0.1, 0.15) is 0 Å². The van der Waals surface area contributed by atoms with Gasteiger partial charge in [0.2, 0.25) is 11.9 Å². The van der Waals surface area contributed by atoms with Crippen molar-refractivity contribution in [2.24, 2.45) is 5.92 Å². The van der Waals surface area contributed by atoms with E-state index in [2.05, 4.69) is 20.6 Å². The van der Waals surface area contributed by atoms with Gasteiger partial charge >= 0.3 is 0 Å². The van der Waals surface area contributed by atoms with E-state index >= 15 is 0 Å². The Morgan fingerprint density at radius 1 is 1.50 bits per heavy atom. The summed E-state index contributed by atoms with van der Waals surface area (Å²) >= 11 is 0. The fraction of sp³-hybridized carbons (Fsp3) is 0.556. The maximum absolute atomic E-state index is 11.7. The molecule has 1 aliphatic heterocycles. The first-order valence-corrected chi connectivity index (χ1v) is 4.87. The molecule has 1 saturated heterocycles. The van der Waals surface area contributed by atoms with Gasteiger partial charge in [-0.1, -0.05) is 0 Å². The second-order valence-electron chi connectivity index (χ2n) is 3.45. The minimum Gasteiger partial charge on any atom is -0.331 e. The zero-order valence-electron chi connectivity index (χ0n) is 7.92. The average Bonchev–Trinajstić information content (AvgIpc) is 2.72. The van der Waals surface area contributed by atoms with Crippen molar-refractivity contribution in [3.8, 4) is 0 Å². The third kappa shape index (κ3) is 2.11. The number of hydrogen-bond donors (Lipinski definition) is 3. The highest BCUT2D eigenvalue weighted by atomic mass is 16.2. The first-order chi connectivity index (χ1) is 6.86. The number of aromatic nitrogens is 2. The lowest BCUT2D eigenvalue weighted by molar-refractivity contribution is -0.120. The zero-order valence-corrected chi connectivity index (χ0v) is 7.92. The summed E-state index contributed by atoms with van der Waals surface area (Å²) in [5, 5.41) is 5.98. The van der Waals surface area contributed by atoms with Crippen LogP contribution in [0.15, 0.2) is 12.4 Å². The first kappa shape index (κ1) is 9.21. The summed E-state index contributed by atoms with van der Waals surface area (Å²) in [6.45, 7) is 1.85. The van der Waals surface area contributed by atoms with Crippen molar-refractivity contribution in [3.63, 3.8) is 0 Å². The fourth-order valence-corrected chi connectivity index (χ4v) is 1.64. The molecule has 0 saturated carbocycles. The van der Waals surface area contributed by atoms with E-state index in [-0.39, 0.29) is 11.8 Å². The molecule has 1 amide bonds. The normalized spacial score (nSPS) is 18.0. The number of carbonyl (C=O) groups is 1. The summed E-state index contributed by atoms with van der Waals surface area (Å²) in [5.41, 5.74) is 0. The van der Waals surface area contributed by atoms with E-state index in [1.165, 1.54) is 0 Å². The molecule has 0 bridgehead atoms. The summed E-state index contributed by atoms with van der Waals surface area (Å²) < 4.78 is 0. The molecular formula is C9H14N4O. The van der Waals surface area contributed by atoms with Crippen LogP contribution < -0.4 is 10.6 Å². The number of carbonyl (C=O) groups excluding carboxylic acids is 1. The quantitative estimate of drug-likeness (QED) is 0.636. The number of piperidine rings is 1. The molecule has 5 nitrogen and oxygen atoms in total. The number of anilines is 1. The summed E-state index contributed by atoms with van der Waals surface area (Å²) in [5.74, 6) is 0.733. The smallest absolute Gasteiger partial charge is 0.229 e. The number of nitrogens with zero attached hydrogens (tertiary/aromatic N) is 1. The Morgan fingerprint density at radius 2 is 2.29 bits per heavy atom. The summed E-state index contributed by atoms with van der Waals surface area (Å²) in [7, 11) is 0. The molecule has 2 rings (SSSR count). The Labute approximate surface area is 82.3 Å². The number of imidazole rings is 1. The van der Waals surface area contributed by atoms with Gasteiger partial charge < -0.3 is 10.3 Å². The van der Waals surface area contributed by atoms with Crippen LogP contribution >= 0.6 is 0 Å². The van der Waals surface area contributed by atoms with Crippen molar-refractivity contribution in [2.45, 2.75) is 12.8 Å². The largest absolute Gasteiger partial charge is 0.331 e. The molecule has 1 fully saturated rings. The molecule has 1 aromatic rings. The van der Waals surface area contributed by atoms with Crippen LogP contribution in [0.3, 0.4) is 0 Å². The predicted octanol–water partition coefficient (Wildman–Crippen LogP) is 0.348. The van der Waals surface area contributed by atoms with Crippen LogP contribution in [0.1, 0.15) is 12.8 Å². The van der Waals surface area contributed by atoms with E-state index in [1.807, 2.05) is 0 Å². The van der Waals surface area contributed by atoms with Crippen molar-refractivity contribution >= 4 is 11.9 Å². The third-order valence-corrected chi connectivity index (χ3v) is 2.45. The molecule has 0 atom stereocenters. The molecule has 1 aromatic heterocycles. The van der Waals surface area contributed by atoms with Crippen LogP contribution in [0.4, 0.5) is 5.95 Å². The standard InChI is InChI=1S/C9H14N4O/c14-8(7-1-3-10-4-2-7)13-9-11-5-6-12-9/h5-7,10H,1-4H2,(H2,11,12,13,14). The number of nitrogens with one attached hydrogen (secondary N) is 3. The van der Waals surface area contributed by atoms with Crippen molar-refractivity contribution in [2.75, 3.05) is 18.4 Å². The molecule has 0 unspecified atom stereocenters. The number of hydrogen-bond acceptors (Lipinski definition) is 3. The molecule has 76 valence electrons. The van der Waals surface area contributed by atoms with Gasteiger partial charge in [-0.05, 0) is 25.9 Å². The lowest BCUT2D eigenvalue weighted by Gasteiger charge is -2.20. The lowest BCUT2D eigenvalue weighted by Crippen LogP contribution is -2.34. The van der Waals surface area contributed by atoms with E-state index in [0.29, 0.717) is 5.95 Å². The summed E-state index contributed by atoms with van der Waals surface area (Å²) in [4.78, 5) is 18.5. The third-order valence-electron chi connectivity index (χ3n) is 2.45. The molecule has 1 aliphatic rings. The highest BCUT2D eigenvalue weighted by molar-refractivity contribution is 5.90. The van der Waals surface area contributed by atoms with Gasteiger partial charge in [-0.3, -0.25) is 10.1 Å². The van der Waals surface area contributed by atoms with Crippen LogP contribution in [-0.2, 0) is 4.79 Å². The van der Waals surface area contributed by atoms with Crippen LogP contribution in [0.2, 0.25) is 0 Å². The fourth-order valence-electron chi connectivity index (χ4n) is 1.64. The molecule has 3 N–H and O–H groups in total. The minimum absolute atomic E-state index is 0.0708. The van der Waals surface area contributed by atoms with E-state index in [1.54, 1.807) is 12.4 Å². The van der Waals surface area contributed by atoms with Gasteiger partial charge in [0.25, 0.3) is 0 Å². The second-order valence-corrected chi connectivity index (χ2v) is 3.45. The Hall–Kier alpha value is -1.36. The Kier molecular flexibility index (Phi) is 2.78. The zero-order chi connectivity index (χ0) is 9.80. The van der Waals surface area contributed by atoms with Crippen LogP contribution in [0.5, 0.6) is 0 Å². The number of H-pyrrole nitrogens is 1. The van der Waals surface area contributed by atoms with Crippen molar-refractivity contribution in [1.82, 2.24) is 15.3 Å². The Balaban J connectivity index is 1.88. The molecular weight excluding hydrogens is 180 g/mol. The number of aromatic amines is 1. The number of amides is 1. The summed E-state index contributed by atoms with van der Waals surface area (Å²) in [6, 6.07) is 0. The van der Waals surface area contributed by atoms with E-state index in [4.69, 9.17) is 0 Å². The van der Waals surface area contributed by atoms with E-state index in [9.17, 15) is 4.79 Å². The average molecular weight is 194 g/mol. The predicted molar refractivity (Wildman–Crippen MR) is 52.8 cm³/mol. The van der Waals surface area contributed by atoms with Crippen LogP contribution in [0.25, 0.3) is 0 Å². The monoisotopic (exact) mass is 194 g/mol. The first-order valence-electron chi connectivity index (χ1n) is 4.87. The Bertz CT molecular complexity index is 290. The van der Waals surface area contributed by atoms with Crippen molar-refractivity contribution < 1.29 is 4.79 Å². The highest BCUT2D eigenvalue weighted by Crippen LogP contribution is 2.13. The molecule has 2 heterocycles. The van der Waals surface area contributed by atoms with Crippen LogP contribution in [-0.4, -0.2) is 29.0 Å². The molecule has 0 aliphatic carbocycles. The van der Waals surface area contributed by atoms with Crippen molar-refractivity contribution in [1.29, 1.82) is 0 Å². The van der Waals surface area contributed by atoms with E-state index < -0.39 is 0 Å². The maximum Gasteiger partial charge on any atom is 0.229 e. The lowest BCUT2D eigenvalue weighted by atomic mass is 9.97. The van der Waals surface area contributed by atoms with Gasteiger partial charge in [-0.25, -0.2) is 4.98 Å². The maximum atomic E-state index is 11.7. The van der Waals surface area contributed by atoms with Crippen LogP contribution in [0, 0.1) is 5.92 Å². The minimum atomic E-state index is 0.0708. The SMILES string of the molecule is O=C(Nc1ncc[nH]1)C1CCNCC1. The Morgan fingerprint density at radius 3 is 2.93 bits per heavy atom. The van der Waals surface area contributed by atoms with Gasteiger partial charge in [0.15, 0.2) is 0 Å². The molecule has 0 spiro atoms. The highest BCUT2D eigenvalue weighted by Gasteiger charge is 2.21. The van der Waals surface area contributed by atoms with Gasteiger partial charge in [-0.15, -0.1) is 0 Å². The topological polar surface area (TPSA) is 69.8 Å².